The van der Waals surface area contributed by atoms with Crippen LogP contribution in [0.3, 0.4) is 0 Å². The van der Waals surface area contributed by atoms with Crippen LogP contribution >= 0.6 is 0 Å². The van der Waals surface area contributed by atoms with Gasteiger partial charge in [-0.05, 0) is 43.7 Å². The number of hydrogen-bond acceptors (Lipinski definition) is 3. The summed E-state index contributed by atoms with van der Waals surface area (Å²) in [6, 6.07) is 0.301. The lowest BCUT2D eigenvalue weighted by atomic mass is 9.69. The predicted molar refractivity (Wildman–Crippen MR) is 51.5 cm³/mol. The summed E-state index contributed by atoms with van der Waals surface area (Å²) in [5.74, 6) is 0.479. The highest BCUT2D eigenvalue weighted by Crippen LogP contribution is 2.37. The highest BCUT2D eigenvalue weighted by molar-refractivity contribution is 4.90. The fourth-order valence-corrected chi connectivity index (χ4v) is 2.08. The molecule has 0 bridgehead atoms. The van der Waals surface area contributed by atoms with Crippen LogP contribution in [0, 0.1) is 11.3 Å². The van der Waals surface area contributed by atoms with Crippen LogP contribution in [0.15, 0.2) is 0 Å². The van der Waals surface area contributed by atoms with Crippen LogP contribution in [-0.4, -0.2) is 19.1 Å². The molecule has 6 N–H and O–H groups in total. The van der Waals surface area contributed by atoms with Gasteiger partial charge in [0.05, 0.1) is 0 Å². The monoisotopic (exact) mass is 171 g/mol. The van der Waals surface area contributed by atoms with Gasteiger partial charge in [-0.25, -0.2) is 0 Å². The standard InChI is InChI=1S/C9H21N3/c1-9(6-11)3-2-8(12)7(4-9)5-10/h7-8H,2-6,10-12H2,1H3. The molecule has 0 aromatic rings. The molecule has 1 aliphatic rings. The average molecular weight is 171 g/mol. The normalized spacial score (nSPS) is 43.0. The summed E-state index contributed by atoms with van der Waals surface area (Å²) in [6.45, 7) is 3.70. The summed E-state index contributed by atoms with van der Waals surface area (Å²) in [5.41, 5.74) is 17.6. The summed E-state index contributed by atoms with van der Waals surface area (Å²) in [7, 11) is 0. The Balaban J connectivity index is 2.55. The minimum absolute atomic E-state index is 0.292. The Morgan fingerprint density at radius 3 is 2.58 bits per heavy atom. The second-order valence-corrected chi connectivity index (χ2v) is 4.42. The molecule has 0 aromatic carbocycles. The van der Waals surface area contributed by atoms with E-state index in [1.165, 1.54) is 0 Å². The van der Waals surface area contributed by atoms with Crippen molar-refractivity contribution in [1.82, 2.24) is 0 Å². The third-order valence-corrected chi connectivity index (χ3v) is 3.24. The summed E-state index contributed by atoms with van der Waals surface area (Å²) < 4.78 is 0. The lowest BCUT2D eigenvalue weighted by molar-refractivity contribution is 0.150. The molecule has 1 fully saturated rings. The van der Waals surface area contributed by atoms with E-state index >= 15 is 0 Å². The Bertz CT molecular complexity index is 149. The smallest absolute Gasteiger partial charge is 0.00796 e. The zero-order valence-corrected chi connectivity index (χ0v) is 7.92. The lowest BCUT2D eigenvalue weighted by Crippen LogP contribution is -2.45. The summed E-state index contributed by atoms with van der Waals surface area (Å²) in [6.07, 6.45) is 3.33. The SMILES string of the molecule is CC1(CN)CCC(N)C(CN)C1. The molecule has 1 aliphatic carbocycles. The zero-order chi connectivity index (χ0) is 9.19. The van der Waals surface area contributed by atoms with Crippen LogP contribution in [0.1, 0.15) is 26.2 Å². The van der Waals surface area contributed by atoms with Gasteiger partial charge < -0.3 is 17.2 Å². The zero-order valence-electron chi connectivity index (χ0n) is 7.92. The first-order chi connectivity index (χ1) is 5.61. The fourth-order valence-electron chi connectivity index (χ4n) is 2.08. The van der Waals surface area contributed by atoms with Crippen LogP contribution in [0.4, 0.5) is 0 Å². The molecule has 3 heteroatoms. The summed E-state index contributed by atoms with van der Waals surface area (Å²) in [5, 5.41) is 0. The first kappa shape index (κ1) is 9.96. The van der Waals surface area contributed by atoms with Gasteiger partial charge in [-0.1, -0.05) is 6.92 Å². The molecule has 0 radical (unpaired) electrons. The number of hydrogen-bond donors (Lipinski definition) is 3. The minimum Gasteiger partial charge on any atom is -0.330 e. The van der Waals surface area contributed by atoms with Gasteiger partial charge >= 0.3 is 0 Å². The van der Waals surface area contributed by atoms with Crippen LogP contribution in [0.5, 0.6) is 0 Å². The van der Waals surface area contributed by atoms with E-state index in [0.717, 1.165) is 25.8 Å². The van der Waals surface area contributed by atoms with Gasteiger partial charge in [0.2, 0.25) is 0 Å². The van der Waals surface area contributed by atoms with E-state index in [0.29, 0.717) is 23.9 Å². The molecular weight excluding hydrogens is 150 g/mol. The van der Waals surface area contributed by atoms with Gasteiger partial charge in [0.15, 0.2) is 0 Å². The average Bonchev–Trinajstić information content (AvgIpc) is 2.10. The van der Waals surface area contributed by atoms with Gasteiger partial charge in [-0.2, -0.15) is 0 Å². The van der Waals surface area contributed by atoms with E-state index in [1.807, 2.05) is 0 Å². The van der Waals surface area contributed by atoms with Gasteiger partial charge in [0, 0.05) is 6.04 Å². The van der Waals surface area contributed by atoms with Crippen molar-refractivity contribution in [2.24, 2.45) is 28.5 Å². The molecule has 0 spiro atoms. The van der Waals surface area contributed by atoms with Crippen molar-refractivity contribution in [3.8, 4) is 0 Å². The molecule has 0 aliphatic heterocycles. The number of rotatable bonds is 2. The third-order valence-electron chi connectivity index (χ3n) is 3.24. The molecule has 12 heavy (non-hydrogen) atoms. The quantitative estimate of drug-likeness (QED) is 0.549. The first-order valence-corrected chi connectivity index (χ1v) is 4.77. The van der Waals surface area contributed by atoms with Crippen molar-refractivity contribution >= 4 is 0 Å². The molecule has 1 rings (SSSR count). The van der Waals surface area contributed by atoms with Crippen LogP contribution in [-0.2, 0) is 0 Å². The van der Waals surface area contributed by atoms with Gasteiger partial charge in [-0.3, -0.25) is 0 Å². The minimum atomic E-state index is 0.292. The van der Waals surface area contributed by atoms with Crippen molar-refractivity contribution in [2.75, 3.05) is 13.1 Å². The van der Waals surface area contributed by atoms with Crippen LogP contribution in [0.25, 0.3) is 0 Å². The van der Waals surface area contributed by atoms with E-state index in [2.05, 4.69) is 6.92 Å². The largest absolute Gasteiger partial charge is 0.330 e. The van der Waals surface area contributed by atoms with Crippen LogP contribution < -0.4 is 17.2 Å². The summed E-state index contributed by atoms with van der Waals surface area (Å²) >= 11 is 0. The van der Waals surface area contributed by atoms with Crippen molar-refractivity contribution in [2.45, 2.75) is 32.2 Å². The van der Waals surface area contributed by atoms with Crippen molar-refractivity contribution in [3.05, 3.63) is 0 Å². The molecule has 0 heterocycles. The molecule has 1 saturated carbocycles. The first-order valence-electron chi connectivity index (χ1n) is 4.77. The van der Waals surface area contributed by atoms with E-state index < -0.39 is 0 Å². The summed E-state index contributed by atoms with van der Waals surface area (Å²) in [4.78, 5) is 0. The van der Waals surface area contributed by atoms with E-state index in [1.54, 1.807) is 0 Å². The molecule has 72 valence electrons. The van der Waals surface area contributed by atoms with Crippen LogP contribution in [0.2, 0.25) is 0 Å². The number of nitrogens with two attached hydrogens (primary N) is 3. The Kier molecular flexibility index (Phi) is 3.09. The van der Waals surface area contributed by atoms with E-state index in [4.69, 9.17) is 17.2 Å². The highest BCUT2D eigenvalue weighted by Gasteiger charge is 2.34. The Morgan fingerprint density at radius 1 is 1.42 bits per heavy atom. The molecule has 3 unspecified atom stereocenters. The van der Waals surface area contributed by atoms with E-state index in [9.17, 15) is 0 Å². The maximum atomic E-state index is 5.94. The lowest BCUT2D eigenvalue weighted by Gasteiger charge is -2.40. The Morgan fingerprint density at radius 2 is 2.08 bits per heavy atom. The molecule has 3 nitrogen and oxygen atoms in total. The second kappa shape index (κ2) is 3.73. The third kappa shape index (κ3) is 1.97. The highest BCUT2D eigenvalue weighted by atomic mass is 14.7. The van der Waals surface area contributed by atoms with Crippen molar-refractivity contribution in [3.63, 3.8) is 0 Å². The molecule has 0 aromatic heterocycles. The molecule has 0 saturated heterocycles. The Labute approximate surface area is 74.7 Å². The molecular formula is C9H21N3. The van der Waals surface area contributed by atoms with Gasteiger partial charge in [0.25, 0.3) is 0 Å². The van der Waals surface area contributed by atoms with Gasteiger partial charge in [-0.15, -0.1) is 0 Å². The van der Waals surface area contributed by atoms with Gasteiger partial charge in [0.1, 0.15) is 0 Å². The molecule has 0 amide bonds. The maximum Gasteiger partial charge on any atom is 0.00796 e. The van der Waals surface area contributed by atoms with Crippen molar-refractivity contribution < 1.29 is 0 Å². The molecule has 3 atom stereocenters. The van der Waals surface area contributed by atoms with Crippen molar-refractivity contribution in [1.29, 1.82) is 0 Å². The topological polar surface area (TPSA) is 78.1 Å². The second-order valence-electron chi connectivity index (χ2n) is 4.42. The predicted octanol–water partition coefficient (Wildman–Crippen LogP) is 0.0375. The van der Waals surface area contributed by atoms with E-state index in [-0.39, 0.29) is 0 Å². The fraction of sp³-hybridized carbons (Fsp3) is 1.00. The maximum absolute atomic E-state index is 5.94. The Hall–Kier alpha value is -0.120.